The largest absolute Gasteiger partial charge is 0.438 e. The maximum Gasteiger partial charge on any atom is 0.254 e. The third-order valence-electron chi connectivity index (χ3n) is 2.50. The summed E-state index contributed by atoms with van der Waals surface area (Å²) in [6.45, 7) is 0.0994. The first kappa shape index (κ1) is 13.0. The molecule has 0 saturated heterocycles. The first-order valence-electron chi connectivity index (χ1n) is 5.53. The van der Waals surface area contributed by atoms with Crippen LogP contribution in [0.5, 0.6) is 11.6 Å². The number of primary amides is 1. The smallest absolute Gasteiger partial charge is 0.254 e. The van der Waals surface area contributed by atoms with Gasteiger partial charge in [-0.15, -0.1) is 0 Å². The molecule has 2 rings (SSSR count). The van der Waals surface area contributed by atoms with Gasteiger partial charge in [0.15, 0.2) is 0 Å². The van der Waals surface area contributed by atoms with Gasteiger partial charge in [0.05, 0.1) is 0 Å². The van der Waals surface area contributed by atoms with E-state index in [1.165, 1.54) is 24.4 Å². The predicted molar refractivity (Wildman–Crippen MR) is 67.1 cm³/mol. The van der Waals surface area contributed by atoms with Crippen LogP contribution in [0.2, 0.25) is 0 Å². The lowest BCUT2D eigenvalue weighted by molar-refractivity contribution is 0.0997. The molecule has 5 nitrogen and oxygen atoms in total. The van der Waals surface area contributed by atoms with E-state index in [-0.39, 0.29) is 23.7 Å². The quantitative estimate of drug-likeness (QED) is 0.873. The number of pyridine rings is 1. The van der Waals surface area contributed by atoms with Crippen LogP contribution < -0.4 is 16.2 Å². The number of carbonyl (C=O) groups is 1. The van der Waals surface area contributed by atoms with Gasteiger partial charge in [-0.1, -0.05) is 6.07 Å². The molecule has 1 aromatic carbocycles. The molecule has 0 aliphatic heterocycles. The average Bonchev–Trinajstić information content (AvgIpc) is 2.39. The molecule has 1 amide bonds. The van der Waals surface area contributed by atoms with E-state index in [9.17, 15) is 9.18 Å². The predicted octanol–water partition coefficient (Wildman–Crippen LogP) is 1.57. The van der Waals surface area contributed by atoms with Crippen molar-refractivity contribution in [2.24, 2.45) is 11.5 Å². The van der Waals surface area contributed by atoms with Crippen LogP contribution in [-0.2, 0) is 6.54 Å². The van der Waals surface area contributed by atoms with Gasteiger partial charge >= 0.3 is 0 Å². The van der Waals surface area contributed by atoms with Crippen LogP contribution in [0.1, 0.15) is 15.9 Å². The summed E-state index contributed by atoms with van der Waals surface area (Å²) in [4.78, 5) is 15.1. The number of amides is 1. The molecule has 1 aromatic heterocycles. The molecule has 19 heavy (non-hydrogen) atoms. The molecular formula is C13H12FN3O2. The van der Waals surface area contributed by atoms with E-state index in [0.717, 1.165) is 0 Å². The molecule has 0 radical (unpaired) electrons. The first-order valence-corrected chi connectivity index (χ1v) is 5.53. The minimum absolute atomic E-state index is 0.0369. The van der Waals surface area contributed by atoms with Gasteiger partial charge in [-0.05, 0) is 18.2 Å². The van der Waals surface area contributed by atoms with Crippen LogP contribution in [0.15, 0.2) is 36.5 Å². The normalized spacial score (nSPS) is 10.2. The Morgan fingerprint density at radius 1 is 1.37 bits per heavy atom. The highest BCUT2D eigenvalue weighted by Crippen LogP contribution is 2.24. The summed E-state index contributed by atoms with van der Waals surface area (Å²) in [6, 6.07) is 7.28. The summed E-state index contributed by atoms with van der Waals surface area (Å²) >= 11 is 0. The van der Waals surface area contributed by atoms with Crippen molar-refractivity contribution in [2.45, 2.75) is 6.54 Å². The van der Waals surface area contributed by atoms with E-state index in [2.05, 4.69) is 4.98 Å². The number of halogens is 1. The molecule has 0 saturated carbocycles. The Labute approximate surface area is 109 Å². The van der Waals surface area contributed by atoms with E-state index in [1.807, 2.05) is 0 Å². The third-order valence-corrected chi connectivity index (χ3v) is 2.50. The van der Waals surface area contributed by atoms with Crippen LogP contribution >= 0.6 is 0 Å². The van der Waals surface area contributed by atoms with Crippen LogP contribution in [-0.4, -0.2) is 10.9 Å². The minimum atomic E-state index is -0.665. The Kier molecular flexibility index (Phi) is 3.72. The van der Waals surface area contributed by atoms with Gasteiger partial charge in [0, 0.05) is 24.4 Å². The Bertz CT molecular complexity index is 617. The molecule has 2 aromatic rings. The van der Waals surface area contributed by atoms with E-state index in [4.69, 9.17) is 16.2 Å². The molecule has 0 unspecified atom stereocenters. The molecule has 0 spiro atoms. The monoisotopic (exact) mass is 261 g/mol. The molecule has 0 aliphatic rings. The fraction of sp³-hybridized carbons (Fsp3) is 0.0769. The zero-order valence-electron chi connectivity index (χ0n) is 9.97. The van der Waals surface area contributed by atoms with Gasteiger partial charge < -0.3 is 16.2 Å². The topological polar surface area (TPSA) is 91.2 Å². The summed E-state index contributed by atoms with van der Waals surface area (Å²) in [7, 11) is 0. The second-order valence-electron chi connectivity index (χ2n) is 3.78. The molecular weight excluding hydrogens is 249 g/mol. The number of ether oxygens (including phenoxy) is 1. The highest BCUT2D eigenvalue weighted by Gasteiger charge is 2.11. The van der Waals surface area contributed by atoms with Crippen LogP contribution in [0, 0.1) is 5.82 Å². The number of hydrogen-bond acceptors (Lipinski definition) is 4. The van der Waals surface area contributed by atoms with Gasteiger partial charge in [-0.2, -0.15) is 0 Å². The van der Waals surface area contributed by atoms with Crippen LogP contribution in [0.3, 0.4) is 0 Å². The fourth-order valence-electron chi connectivity index (χ4n) is 1.53. The van der Waals surface area contributed by atoms with Crippen molar-refractivity contribution in [1.82, 2.24) is 4.98 Å². The zero-order valence-corrected chi connectivity index (χ0v) is 9.97. The zero-order chi connectivity index (χ0) is 13.8. The van der Waals surface area contributed by atoms with Gasteiger partial charge in [0.25, 0.3) is 5.91 Å². The number of nitrogens with two attached hydrogens (primary N) is 2. The van der Waals surface area contributed by atoms with E-state index in [0.29, 0.717) is 5.56 Å². The number of benzene rings is 1. The van der Waals surface area contributed by atoms with Crippen molar-refractivity contribution in [3.05, 3.63) is 53.5 Å². The highest BCUT2D eigenvalue weighted by molar-refractivity contribution is 5.95. The number of carbonyl (C=O) groups excluding carboxylic acids is 1. The summed E-state index contributed by atoms with van der Waals surface area (Å²) in [5.74, 6) is -0.885. The average molecular weight is 261 g/mol. The standard InChI is InChI=1S/C13H12FN3O2/c14-11-6-9(4-3-8(11)7-15)19-13-10(12(16)18)2-1-5-17-13/h1-6H,7,15H2,(H2,16,18). The van der Waals surface area contributed by atoms with E-state index >= 15 is 0 Å². The van der Waals surface area contributed by atoms with Gasteiger partial charge in [0.2, 0.25) is 5.88 Å². The lowest BCUT2D eigenvalue weighted by Gasteiger charge is -2.08. The van der Waals surface area contributed by atoms with Crippen molar-refractivity contribution in [3.63, 3.8) is 0 Å². The SMILES string of the molecule is NCc1ccc(Oc2ncccc2C(N)=O)cc1F. The van der Waals surface area contributed by atoms with Crippen molar-refractivity contribution >= 4 is 5.91 Å². The van der Waals surface area contributed by atoms with Gasteiger partial charge in [0.1, 0.15) is 17.1 Å². The number of aromatic nitrogens is 1. The Morgan fingerprint density at radius 2 is 2.16 bits per heavy atom. The number of hydrogen-bond donors (Lipinski definition) is 2. The van der Waals surface area contributed by atoms with Crippen LogP contribution in [0.4, 0.5) is 4.39 Å². The van der Waals surface area contributed by atoms with Gasteiger partial charge in [-0.3, -0.25) is 4.79 Å². The Hall–Kier alpha value is -2.47. The minimum Gasteiger partial charge on any atom is -0.438 e. The molecule has 0 atom stereocenters. The number of rotatable bonds is 4. The summed E-state index contributed by atoms with van der Waals surface area (Å²) in [6.07, 6.45) is 1.45. The molecule has 0 bridgehead atoms. The fourth-order valence-corrected chi connectivity index (χ4v) is 1.53. The van der Waals surface area contributed by atoms with Gasteiger partial charge in [-0.25, -0.2) is 9.37 Å². The molecule has 6 heteroatoms. The maximum atomic E-state index is 13.5. The van der Waals surface area contributed by atoms with E-state index < -0.39 is 11.7 Å². The summed E-state index contributed by atoms with van der Waals surface area (Å²) < 4.78 is 18.9. The van der Waals surface area contributed by atoms with Crippen LogP contribution in [0.25, 0.3) is 0 Å². The molecule has 0 fully saturated rings. The maximum absolute atomic E-state index is 13.5. The van der Waals surface area contributed by atoms with Crippen molar-refractivity contribution in [1.29, 1.82) is 0 Å². The molecule has 1 heterocycles. The highest BCUT2D eigenvalue weighted by atomic mass is 19.1. The van der Waals surface area contributed by atoms with Crippen molar-refractivity contribution in [3.8, 4) is 11.6 Å². The number of nitrogens with zero attached hydrogens (tertiary/aromatic N) is 1. The first-order chi connectivity index (χ1) is 9.11. The summed E-state index contributed by atoms with van der Waals surface area (Å²) in [5.41, 5.74) is 11.1. The second-order valence-corrected chi connectivity index (χ2v) is 3.78. The second kappa shape index (κ2) is 5.45. The summed E-state index contributed by atoms with van der Waals surface area (Å²) in [5, 5.41) is 0. The van der Waals surface area contributed by atoms with E-state index in [1.54, 1.807) is 12.1 Å². The van der Waals surface area contributed by atoms with Crippen molar-refractivity contribution in [2.75, 3.05) is 0 Å². The lowest BCUT2D eigenvalue weighted by atomic mass is 10.2. The Morgan fingerprint density at radius 3 is 2.79 bits per heavy atom. The van der Waals surface area contributed by atoms with Crippen molar-refractivity contribution < 1.29 is 13.9 Å². The molecule has 4 N–H and O–H groups in total. The molecule has 0 aliphatic carbocycles. The third kappa shape index (κ3) is 2.86. The lowest BCUT2D eigenvalue weighted by Crippen LogP contribution is -2.12. The Balaban J connectivity index is 2.31. The molecule has 98 valence electrons.